The SMILES string of the molecule is CN1CCC(NC(=O)C(N)C(=O)O)C1. The van der Waals surface area contributed by atoms with Crippen LogP contribution in [0.15, 0.2) is 0 Å². The van der Waals surface area contributed by atoms with Crippen molar-refractivity contribution in [1.29, 1.82) is 0 Å². The Bertz CT molecular complexity index is 244. The zero-order valence-electron chi connectivity index (χ0n) is 8.06. The molecule has 0 aromatic heterocycles. The van der Waals surface area contributed by atoms with E-state index >= 15 is 0 Å². The van der Waals surface area contributed by atoms with Crippen molar-refractivity contribution >= 4 is 11.9 Å². The van der Waals surface area contributed by atoms with Gasteiger partial charge in [-0.3, -0.25) is 4.79 Å². The molecule has 0 aromatic rings. The molecule has 1 heterocycles. The first-order chi connectivity index (χ1) is 6.50. The minimum absolute atomic E-state index is 0.0258. The molecular formula is C8H15N3O3. The summed E-state index contributed by atoms with van der Waals surface area (Å²) in [6, 6.07) is -1.43. The number of carboxylic acids is 1. The van der Waals surface area contributed by atoms with Crippen LogP contribution in [0.1, 0.15) is 6.42 Å². The van der Waals surface area contributed by atoms with Crippen LogP contribution in [0.3, 0.4) is 0 Å². The van der Waals surface area contributed by atoms with E-state index < -0.39 is 17.9 Å². The summed E-state index contributed by atoms with van der Waals surface area (Å²) in [6.07, 6.45) is 0.842. The molecule has 1 amide bonds. The largest absolute Gasteiger partial charge is 0.480 e. The molecule has 0 saturated carbocycles. The van der Waals surface area contributed by atoms with Gasteiger partial charge in [-0.2, -0.15) is 0 Å². The highest BCUT2D eigenvalue weighted by molar-refractivity contribution is 6.00. The molecule has 14 heavy (non-hydrogen) atoms. The van der Waals surface area contributed by atoms with Crippen LogP contribution in [0.4, 0.5) is 0 Å². The summed E-state index contributed by atoms with van der Waals surface area (Å²) >= 11 is 0. The number of hydrogen-bond acceptors (Lipinski definition) is 4. The van der Waals surface area contributed by atoms with Gasteiger partial charge >= 0.3 is 5.97 Å². The molecule has 6 heteroatoms. The molecule has 6 nitrogen and oxygen atoms in total. The first kappa shape index (κ1) is 10.9. The number of nitrogens with one attached hydrogen (secondary N) is 1. The second-order valence-corrected chi connectivity index (χ2v) is 3.57. The van der Waals surface area contributed by atoms with E-state index in [4.69, 9.17) is 10.8 Å². The van der Waals surface area contributed by atoms with Crippen LogP contribution >= 0.6 is 0 Å². The Morgan fingerprint density at radius 2 is 2.29 bits per heavy atom. The number of amides is 1. The summed E-state index contributed by atoms with van der Waals surface area (Å²) < 4.78 is 0. The second kappa shape index (κ2) is 4.39. The number of carbonyl (C=O) groups is 2. The predicted octanol–water partition coefficient (Wildman–Crippen LogP) is -1.78. The molecular weight excluding hydrogens is 186 g/mol. The van der Waals surface area contributed by atoms with Crippen LogP contribution in [-0.4, -0.2) is 54.1 Å². The second-order valence-electron chi connectivity index (χ2n) is 3.57. The number of hydrogen-bond donors (Lipinski definition) is 3. The average molecular weight is 201 g/mol. The number of carbonyl (C=O) groups excluding carboxylic acids is 1. The van der Waals surface area contributed by atoms with Crippen molar-refractivity contribution in [3.05, 3.63) is 0 Å². The van der Waals surface area contributed by atoms with Gasteiger partial charge in [0.25, 0.3) is 0 Å². The molecule has 0 aliphatic carbocycles. The van der Waals surface area contributed by atoms with Gasteiger partial charge in [-0.05, 0) is 20.0 Å². The van der Waals surface area contributed by atoms with E-state index in [0.717, 1.165) is 19.5 Å². The Labute approximate surface area is 82.1 Å². The first-order valence-corrected chi connectivity index (χ1v) is 4.48. The van der Waals surface area contributed by atoms with Gasteiger partial charge in [0.1, 0.15) is 0 Å². The summed E-state index contributed by atoms with van der Waals surface area (Å²) in [4.78, 5) is 23.7. The monoisotopic (exact) mass is 201 g/mol. The third-order valence-electron chi connectivity index (χ3n) is 2.29. The Kier molecular flexibility index (Phi) is 3.43. The highest BCUT2D eigenvalue weighted by Crippen LogP contribution is 2.05. The lowest BCUT2D eigenvalue weighted by molar-refractivity contribution is -0.142. The standard InChI is InChI=1S/C8H15N3O3/c1-11-3-2-5(4-11)10-7(12)6(9)8(13)14/h5-6H,2-4,9H2,1H3,(H,10,12)(H,13,14). The number of rotatable bonds is 3. The van der Waals surface area contributed by atoms with Crippen LogP contribution in [0, 0.1) is 0 Å². The van der Waals surface area contributed by atoms with Crippen molar-refractivity contribution in [2.45, 2.75) is 18.5 Å². The molecule has 0 bridgehead atoms. The van der Waals surface area contributed by atoms with Crippen LogP contribution in [0.2, 0.25) is 0 Å². The fourth-order valence-electron chi connectivity index (χ4n) is 1.46. The van der Waals surface area contributed by atoms with Gasteiger partial charge < -0.3 is 21.1 Å². The molecule has 80 valence electrons. The Hall–Kier alpha value is -1.14. The van der Waals surface area contributed by atoms with Gasteiger partial charge in [0.05, 0.1) is 0 Å². The molecule has 4 N–H and O–H groups in total. The lowest BCUT2D eigenvalue weighted by atomic mass is 10.2. The molecule has 1 fully saturated rings. The van der Waals surface area contributed by atoms with Gasteiger partial charge in [0.15, 0.2) is 6.04 Å². The van der Waals surface area contributed by atoms with E-state index in [9.17, 15) is 9.59 Å². The summed E-state index contributed by atoms with van der Waals surface area (Å²) in [7, 11) is 1.95. The number of nitrogens with zero attached hydrogens (tertiary/aromatic N) is 1. The molecule has 2 unspecified atom stereocenters. The van der Waals surface area contributed by atoms with Gasteiger partial charge in [0, 0.05) is 12.6 Å². The van der Waals surface area contributed by atoms with Crippen molar-refractivity contribution in [1.82, 2.24) is 10.2 Å². The van der Waals surface area contributed by atoms with Crippen molar-refractivity contribution < 1.29 is 14.7 Å². The van der Waals surface area contributed by atoms with Crippen molar-refractivity contribution in [2.24, 2.45) is 5.73 Å². The van der Waals surface area contributed by atoms with Crippen LogP contribution < -0.4 is 11.1 Å². The van der Waals surface area contributed by atoms with E-state index in [-0.39, 0.29) is 6.04 Å². The fourth-order valence-corrected chi connectivity index (χ4v) is 1.46. The minimum atomic E-state index is -1.46. The first-order valence-electron chi connectivity index (χ1n) is 4.48. The molecule has 1 aliphatic rings. The topological polar surface area (TPSA) is 95.7 Å². The maximum Gasteiger partial charge on any atom is 0.330 e. The Morgan fingerprint density at radius 1 is 1.64 bits per heavy atom. The van der Waals surface area contributed by atoms with E-state index in [1.807, 2.05) is 7.05 Å². The normalized spacial score (nSPS) is 24.6. The van der Waals surface area contributed by atoms with Crippen LogP contribution in [-0.2, 0) is 9.59 Å². The van der Waals surface area contributed by atoms with Gasteiger partial charge in [-0.15, -0.1) is 0 Å². The molecule has 0 radical (unpaired) electrons. The molecule has 1 rings (SSSR count). The van der Waals surface area contributed by atoms with Crippen molar-refractivity contribution in [3.63, 3.8) is 0 Å². The third kappa shape index (κ3) is 2.68. The molecule has 1 aliphatic heterocycles. The van der Waals surface area contributed by atoms with Gasteiger partial charge in [-0.1, -0.05) is 0 Å². The van der Waals surface area contributed by atoms with E-state index in [2.05, 4.69) is 10.2 Å². The predicted molar refractivity (Wildman–Crippen MR) is 49.7 cm³/mol. The smallest absolute Gasteiger partial charge is 0.330 e. The highest BCUT2D eigenvalue weighted by Gasteiger charge is 2.26. The number of likely N-dealkylation sites (tertiary alicyclic amines) is 1. The lowest BCUT2D eigenvalue weighted by Gasteiger charge is -2.14. The summed E-state index contributed by atoms with van der Waals surface area (Å²) in [5.74, 6) is -1.91. The molecule has 2 atom stereocenters. The van der Waals surface area contributed by atoms with Crippen LogP contribution in [0.5, 0.6) is 0 Å². The summed E-state index contributed by atoms with van der Waals surface area (Å²) in [5, 5.41) is 11.1. The Balaban J connectivity index is 2.37. The molecule has 0 spiro atoms. The lowest BCUT2D eigenvalue weighted by Crippen LogP contribution is -2.49. The van der Waals surface area contributed by atoms with Gasteiger partial charge in [-0.25, -0.2) is 4.79 Å². The van der Waals surface area contributed by atoms with E-state index in [0.29, 0.717) is 0 Å². The Morgan fingerprint density at radius 3 is 2.71 bits per heavy atom. The maximum atomic E-state index is 11.2. The number of likely N-dealkylation sites (N-methyl/N-ethyl adjacent to an activating group) is 1. The van der Waals surface area contributed by atoms with E-state index in [1.165, 1.54) is 0 Å². The molecule has 0 aromatic carbocycles. The minimum Gasteiger partial charge on any atom is -0.480 e. The fraction of sp³-hybridized carbons (Fsp3) is 0.750. The van der Waals surface area contributed by atoms with Gasteiger partial charge in [0.2, 0.25) is 5.91 Å². The number of carboxylic acid groups (broad SMARTS) is 1. The van der Waals surface area contributed by atoms with Crippen LogP contribution in [0.25, 0.3) is 0 Å². The van der Waals surface area contributed by atoms with Crippen molar-refractivity contribution in [3.8, 4) is 0 Å². The maximum absolute atomic E-state index is 11.2. The summed E-state index contributed by atoms with van der Waals surface area (Å²) in [6.45, 7) is 1.66. The third-order valence-corrected chi connectivity index (χ3v) is 2.29. The zero-order valence-corrected chi connectivity index (χ0v) is 8.06. The number of nitrogens with two attached hydrogens (primary N) is 1. The zero-order chi connectivity index (χ0) is 10.7. The quantitative estimate of drug-likeness (QED) is 0.469. The number of aliphatic carboxylic acids is 1. The highest BCUT2D eigenvalue weighted by atomic mass is 16.4. The average Bonchev–Trinajstić information content (AvgIpc) is 2.49. The summed E-state index contributed by atoms with van der Waals surface area (Å²) in [5.41, 5.74) is 5.15. The molecule has 1 saturated heterocycles. The van der Waals surface area contributed by atoms with Crippen molar-refractivity contribution in [2.75, 3.05) is 20.1 Å². The van der Waals surface area contributed by atoms with E-state index in [1.54, 1.807) is 0 Å².